The molecule has 0 spiro atoms. The molecule has 1 heterocycles. The molecule has 1 aliphatic heterocycles. The van der Waals surface area contributed by atoms with Gasteiger partial charge < -0.3 is 9.80 Å². The molecule has 0 atom stereocenters. The first-order valence-corrected chi connectivity index (χ1v) is 7.62. The lowest BCUT2D eigenvalue weighted by Crippen LogP contribution is -2.47. The molecule has 120 valence electrons. The molecule has 2 aromatic carbocycles. The van der Waals surface area contributed by atoms with Crippen molar-refractivity contribution in [3.8, 4) is 0 Å². The number of hydrogen-bond donors (Lipinski definition) is 0. The number of nitro benzene ring substituents is 1. The highest BCUT2D eigenvalue weighted by Gasteiger charge is 2.24. The lowest BCUT2D eigenvalue weighted by molar-refractivity contribution is -0.384. The van der Waals surface area contributed by atoms with Crippen LogP contribution in [-0.4, -0.2) is 31.1 Å². The second kappa shape index (κ2) is 6.42. The summed E-state index contributed by atoms with van der Waals surface area (Å²) in [4.78, 5) is 14.7. The molecule has 1 saturated heterocycles. The van der Waals surface area contributed by atoms with Crippen molar-refractivity contribution in [2.45, 2.75) is 0 Å². The minimum atomic E-state index is -0.426. The van der Waals surface area contributed by atoms with Crippen molar-refractivity contribution in [3.63, 3.8) is 0 Å². The molecule has 0 N–H and O–H groups in total. The molecular weight excluding hydrogens is 321 g/mol. The molecule has 0 bridgehead atoms. The Hall–Kier alpha value is -2.34. The van der Waals surface area contributed by atoms with Gasteiger partial charge in [0.1, 0.15) is 11.5 Å². The average molecular weight is 336 g/mol. The second-order valence-corrected chi connectivity index (χ2v) is 5.75. The van der Waals surface area contributed by atoms with E-state index < -0.39 is 4.92 Å². The molecule has 1 aliphatic rings. The highest BCUT2D eigenvalue weighted by atomic mass is 35.5. The van der Waals surface area contributed by atoms with E-state index >= 15 is 0 Å². The van der Waals surface area contributed by atoms with Gasteiger partial charge in [0.2, 0.25) is 0 Å². The normalized spacial score (nSPS) is 14.9. The van der Waals surface area contributed by atoms with Gasteiger partial charge in [-0.05, 0) is 24.3 Å². The highest BCUT2D eigenvalue weighted by molar-refractivity contribution is 6.30. The Labute approximate surface area is 138 Å². The Morgan fingerprint density at radius 1 is 1.00 bits per heavy atom. The smallest absolute Gasteiger partial charge is 0.294 e. The van der Waals surface area contributed by atoms with E-state index in [4.69, 9.17) is 11.6 Å². The molecule has 2 aromatic rings. The maximum atomic E-state index is 13.8. The van der Waals surface area contributed by atoms with E-state index in [1.54, 1.807) is 30.3 Å². The van der Waals surface area contributed by atoms with Crippen molar-refractivity contribution in [1.29, 1.82) is 0 Å². The van der Waals surface area contributed by atoms with Gasteiger partial charge >= 0.3 is 0 Å². The molecule has 0 aliphatic carbocycles. The van der Waals surface area contributed by atoms with Crippen molar-refractivity contribution in [1.82, 2.24) is 0 Å². The Balaban J connectivity index is 1.77. The molecule has 5 nitrogen and oxygen atoms in total. The zero-order valence-electron chi connectivity index (χ0n) is 12.3. The van der Waals surface area contributed by atoms with Crippen LogP contribution in [0.5, 0.6) is 0 Å². The zero-order valence-corrected chi connectivity index (χ0v) is 13.0. The third-order valence-corrected chi connectivity index (χ3v) is 4.18. The summed E-state index contributed by atoms with van der Waals surface area (Å²) >= 11 is 5.85. The predicted molar refractivity (Wildman–Crippen MR) is 88.9 cm³/mol. The summed E-state index contributed by atoms with van der Waals surface area (Å²) in [6.45, 7) is 2.36. The summed E-state index contributed by atoms with van der Waals surface area (Å²) in [5.74, 6) is -0.251. The Bertz CT molecular complexity index is 733. The SMILES string of the molecule is O=[N+]([O-])c1cc(Cl)ccc1N1CCN(c2ccccc2F)CC1. The lowest BCUT2D eigenvalue weighted by atomic mass is 10.2. The predicted octanol–water partition coefficient (Wildman–Crippen LogP) is 3.71. The summed E-state index contributed by atoms with van der Waals surface area (Å²) in [6, 6.07) is 11.3. The number of halogens is 2. The van der Waals surface area contributed by atoms with Crippen LogP contribution in [0, 0.1) is 15.9 Å². The topological polar surface area (TPSA) is 49.6 Å². The quantitative estimate of drug-likeness (QED) is 0.633. The van der Waals surface area contributed by atoms with Crippen LogP contribution in [0.2, 0.25) is 5.02 Å². The van der Waals surface area contributed by atoms with Crippen molar-refractivity contribution >= 4 is 28.7 Å². The van der Waals surface area contributed by atoms with Gasteiger partial charge in [-0.25, -0.2) is 4.39 Å². The monoisotopic (exact) mass is 335 g/mol. The van der Waals surface area contributed by atoms with Crippen molar-refractivity contribution in [3.05, 3.63) is 63.4 Å². The van der Waals surface area contributed by atoms with E-state index in [0.29, 0.717) is 42.6 Å². The van der Waals surface area contributed by atoms with E-state index in [2.05, 4.69) is 0 Å². The van der Waals surface area contributed by atoms with Gasteiger partial charge in [-0.3, -0.25) is 10.1 Å². The minimum absolute atomic E-state index is 0.00292. The van der Waals surface area contributed by atoms with Gasteiger partial charge in [0, 0.05) is 37.3 Å². The molecule has 0 radical (unpaired) electrons. The average Bonchev–Trinajstić information content (AvgIpc) is 2.55. The zero-order chi connectivity index (χ0) is 16.4. The van der Waals surface area contributed by atoms with Crippen LogP contribution >= 0.6 is 11.6 Å². The Kier molecular flexibility index (Phi) is 4.34. The minimum Gasteiger partial charge on any atom is -0.366 e. The van der Waals surface area contributed by atoms with E-state index in [9.17, 15) is 14.5 Å². The molecule has 7 heteroatoms. The van der Waals surface area contributed by atoms with Crippen LogP contribution in [0.3, 0.4) is 0 Å². The van der Waals surface area contributed by atoms with Gasteiger partial charge in [0.05, 0.1) is 10.6 Å². The fraction of sp³-hybridized carbons (Fsp3) is 0.250. The van der Waals surface area contributed by atoms with Crippen LogP contribution in [-0.2, 0) is 0 Å². The van der Waals surface area contributed by atoms with E-state index in [-0.39, 0.29) is 11.5 Å². The number of anilines is 2. The Morgan fingerprint density at radius 2 is 1.61 bits per heavy atom. The molecular formula is C16H15ClFN3O2. The van der Waals surface area contributed by atoms with Crippen LogP contribution < -0.4 is 9.80 Å². The van der Waals surface area contributed by atoms with Crippen LogP contribution in [0.25, 0.3) is 0 Å². The molecule has 0 aromatic heterocycles. The number of rotatable bonds is 3. The van der Waals surface area contributed by atoms with Crippen LogP contribution in [0.15, 0.2) is 42.5 Å². The summed E-state index contributed by atoms with van der Waals surface area (Å²) in [5, 5.41) is 11.5. The molecule has 0 saturated carbocycles. The van der Waals surface area contributed by atoms with Gasteiger partial charge in [-0.1, -0.05) is 23.7 Å². The van der Waals surface area contributed by atoms with Crippen LogP contribution in [0.1, 0.15) is 0 Å². The number of para-hydroxylation sites is 1. The third-order valence-electron chi connectivity index (χ3n) is 3.95. The van der Waals surface area contributed by atoms with Gasteiger partial charge in [0.15, 0.2) is 0 Å². The van der Waals surface area contributed by atoms with Crippen LogP contribution in [0.4, 0.5) is 21.5 Å². The first-order valence-electron chi connectivity index (χ1n) is 7.24. The van der Waals surface area contributed by atoms with E-state index in [0.717, 1.165) is 0 Å². The van der Waals surface area contributed by atoms with Gasteiger partial charge in [-0.15, -0.1) is 0 Å². The standard InChI is InChI=1S/C16H15ClFN3O2/c17-12-5-6-15(16(11-12)21(22)23)20-9-7-19(8-10-20)14-4-2-1-3-13(14)18/h1-6,11H,7-10H2. The lowest BCUT2D eigenvalue weighted by Gasteiger charge is -2.37. The van der Waals surface area contributed by atoms with Crippen molar-refractivity contribution < 1.29 is 9.31 Å². The third kappa shape index (κ3) is 3.22. The largest absolute Gasteiger partial charge is 0.366 e. The number of benzene rings is 2. The molecule has 23 heavy (non-hydrogen) atoms. The van der Waals surface area contributed by atoms with Crippen molar-refractivity contribution in [2.24, 2.45) is 0 Å². The number of piperazine rings is 1. The first-order chi connectivity index (χ1) is 11.1. The number of hydrogen-bond acceptors (Lipinski definition) is 4. The first kappa shape index (κ1) is 15.6. The Morgan fingerprint density at radius 3 is 2.22 bits per heavy atom. The molecule has 0 amide bonds. The maximum absolute atomic E-state index is 13.8. The second-order valence-electron chi connectivity index (χ2n) is 5.32. The molecule has 0 unspecified atom stereocenters. The van der Waals surface area contributed by atoms with Gasteiger partial charge in [-0.2, -0.15) is 0 Å². The summed E-state index contributed by atoms with van der Waals surface area (Å²) in [5.41, 5.74) is 1.11. The van der Waals surface area contributed by atoms with Gasteiger partial charge in [0.25, 0.3) is 5.69 Å². The summed E-state index contributed by atoms with van der Waals surface area (Å²) in [6.07, 6.45) is 0. The van der Waals surface area contributed by atoms with E-state index in [1.165, 1.54) is 12.1 Å². The highest BCUT2D eigenvalue weighted by Crippen LogP contribution is 2.32. The molecule has 3 rings (SSSR count). The fourth-order valence-electron chi connectivity index (χ4n) is 2.81. The summed E-state index contributed by atoms with van der Waals surface area (Å²) in [7, 11) is 0. The van der Waals surface area contributed by atoms with Crippen molar-refractivity contribution in [2.75, 3.05) is 36.0 Å². The summed E-state index contributed by atoms with van der Waals surface area (Å²) < 4.78 is 13.8. The maximum Gasteiger partial charge on any atom is 0.294 e. The number of nitro groups is 1. The molecule has 1 fully saturated rings. The fourth-order valence-corrected chi connectivity index (χ4v) is 2.97. The van der Waals surface area contributed by atoms with E-state index in [1.807, 2.05) is 9.80 Å². The number of nitrogens with zero attached hydrogens (tertiary/aromatic N) is 3.